The van der Waals surface area contributed by atoms with Crippen LogP contribution in [0.3, 0.4) is 0 Å². The summed E-state index contributed by atoms with van der Waals surface area (Å²) in [6.45, 7) is 2.74. The van der Waals surface area contributed by atoms with Crippen molar-refractivity contribution in [1.29, 1.82) is 0 Å². The van der Waals surface area contributed by atoms with Crippen LogP contribution in [0.2, 0.25) is 10.0 Å². The molecule has 1 aliphatic rings. The summed E-state index contributed by atoms with van der Waals surface area (Å²) in [6, 6.07) is 20.1. The number of benzene rings is 3. The van der Waals surface area contributed by atoms with Gasteiger partial charge < -0.3 is 15.0 Å². The fourth-order valence-electron chi connectivity index (χ4n) is 3.62. The number of ether oxygens (including phenoxy) is 1. The molecular weight excluding hydrogens is 447 g/mol. The summed E-state index contributed by atoms with van der Waals surface area (Å²) in [4.78, 5) is 27.3. The molecule has 0 aromatic heterocycles. The van der Waals surface area contributed by atoms with Gasteiger partial charge in [0.25, 0.3) is 11.8 Å². The van der Waals surface area contributed by atoms with Crippen molar-refractivity contribution < 1.29 is 14.3 Å². The highest BCUT2D eigenvalue weighted by molar-refractivity contribution is 6.42. The minimum absolute atomic E-state index is 0.0569. The van der Waals surface area contributed by atoms with E-state index in [0.717, 1.165) is 12.0 Å². The van der Waals surface area contributed by atoms with Crippen molar-refractivity contribution in [3.05, 3.63) is 93.5 Å². The predicted molar refractivity (Wildman–Crippen MR) is 127 cm³/mol. The van der Waals surface area contributed by atoms with Crippen molar-refractivity contribution in [1.82, 2.24) is 4.90 Å². The van der Waals surface area contributed by atoms with Crippen LogP contribution >= 0.6 is 23.2 Å². The Kier molecular flexibility index (Phi) is 6.68. The molecule has 1 atom stereocenters. The first kappa shape index (κ1) is 22.2. The van der Waals surface area contributed by atoms with E-state index in [1.165, 1.54) is 11.6 Å². The molecule has 1 aliphatic heterocycles. The summed E-state index contributed by atoms with van der Waals surface area (Å²) in [6.07, 6.45) is 0.172. The van der Waals surface area contributed by atoms with Gasteiger partial charge in [0.15, 0.2) is 6.10 Å². The lowest BCUT2D eigenvalue weighted by molar-refractivity contribution is -0.137. The number of hydrogen-bond donors (Lipinski definition) is 1. The summed E-state index contributed by atoms with van der Waals surface area (Å²) < 4.78 is 5.89. The lowest BCUT2D eigenvalue weighted by atomic mass is 10.1. The molecule has 0 radical (unpaired) electrons. The molecule has 7 heteroatoms. The average Bonchev–Trinajstić information content (AvgIpc) is 2.91. The first-order valence-corrected chi connectivity index (χ1v) is 11.0. The number of rotatable bonds is 5. The van der Waals surface area contributed by atoms with Crippen molar-refractivity contribution in [2.45, 2.75) is 26.0 Å². The first-order chi connectivity index (χ1) is 15.4. The Bertz CT molecular complexity index is 1150. The molecule has 0 bridgehead atoms. The molecular formula is C25H22Cl2N2O3. The van der Waals surface area contributed by atoms with Gasteiger partial charge in [-0.05, 0) is 55.3 Å². The van der Waals surface area contributed by atoms with E-state index in [0.29, 0.717) is 40.1 Å². The molecule has 0 aliphatic carbocycles. The zero-order chi connectivity index (χ0) is 22.7. The van der Waals surface area contributed by atoms with E-state index in [1.54, 1.807) is 36.1 Å². The SMILES string of the molecule is C[C@H]1Oc2ccc(NC(=O)c3ccc(Cl)c(Cl)c3)cc2CN(CCc2ccccc2)C1=O. The molecule has 0 fully saturated rings. The monoisotopic (exact) mass is 468 g/mol. The topological polar surface area (TPSA) is 58.6 Å². The lowest BCUT2D eigenvalue weighted by Crippen LogP contribution is -2.39. The number of nitrogens with zero attached hydrogens (tertiary/aromatic N) is 1. The van der Waals surface area contributed by atoms with Gasteiger partial charge in [-0.15, -0.1) is 0 Å². The maximum absolute atomic E-state index is 12.9. The fourth-order valence-corrected chi connectivity index (χ4v) is 3.91. The standard InChI is InChI=1S/C25H22Cl2N2O3/c1-16-25(31)29(12-11-17-5-3-2-4-6-17)15-19-13-20(8-10-23(19)32-16)28-24(30)18-7-9-21(26)22(27)14-18/h2-10,13-14,16H,11-12,15H2,1H3,(H,28,30)/t16-/m1/s1. The minimum atomic E-state index is -0.580. The molecule has 1 heterocycles. The average molecular weight is 469 g/mol. The van der Waals surface area contributed by atoms with E-state index in [9.17, 15) is 9.59 Å². The second kappa shape index (κ2) is 9.63. The number of carbonyl (C=O) groups is 2. The van der Waals surface area contributed by atoms with Crippen molar-refractivity contribution in [3.63, 3.8) is 0 Å². The molecule has 0 saturated heterocycles. The number of amides is 2. The smallest absolute Gasteiger partial charge is 0.263 e. The summed E-state index contributed by atoms with van der Waals surface area (Å²) in [5.41, 5.74) is 3.01. The Morgan fingerprint density at radius 2 is 1.84 bits per heavy atom. The highest BCUT2D eigenvalue weighted by Gasteiger charge is 2.27. The van der Waals surface area contributed by atoms with Crippen molar-refractivity contribution in [2.75, 3.05) is 11.9 Å². The van der Waals surface area contributed by atoms with E-state index in [2.05, 4.69) is 5.32 Å². The van der Waals surface area contributed by atoms with Gasteiger partial charge in [-0.2, -0.15) is 0 Å². The van der Waals surface area contributed by atoms with Gasteiger partial charge in [0, 0.05) is 29.9 Å². The van der Waals surface area contributed by atoms with Crippen LogP contribution in [-0.4, -0.2) is 29.4 Å². The second-order valence-corrected chi connectivity index (χ2v) is 8.48. The quantitative estimate of drug-likeness (QED) is 0.530. The highest BCUT2D eigenvalue weighted by Crippen LogP contribution is 2.29. The van der Waals surface area contributed by atoms with E-state index >= 15 is 0 Å². The number of carbonyl (C=O) groups excluding carboxylic acids is 2. The van der Waals surface area contributed by atoms with Crippen LogP contribution in [0.15, 0.2) is 66.7 Å². The fraction of sp³-hybridized carbons (Fsp3) is 0.200. The van der Waals surface area contributed by atoms with Crippen LogP contribution in [0.25, 0.3) is 0 Å². The summed E-state index contributed by atoms with van der Waals surface area (Å²) >= 11 is 12.0. The Morgan fingerprint density at radius 1 is 1.06 bits per heavy atom. The number of anilines is 1. The molecule has 2 amide bonds. The Hall–Kier alpha value is -3.02. The van der Waals surface area contributed by atoms with Gasteiger partial charge in [0.2, 0.25) is 0 Å². The molecule has 164 valence electrons. The van der Waals surface area contributed by atoms with Gasteiger partial charge >= 0.3 is 0 Å². The number of hydrogen-bond acceptors (Lipinski definition) is 3. The van der Waals surface area contributed by atoms with Gasteiger partial charge in [0.1, 0.15) is 5.75 Å². The summed E-state index contributed by atoms with van der Waals surface area (Å²) in [7, 11) is 0. The molecule has 4 rings (SSSR count). The van der Waals surface area contributed by atoms with E-state index in [1.807, 2.05) is 36.4 Å². The van der Waals surface area contributed by atoms with Crippen molar-refractivity contribution in [3.8, 4) is 5.75 Å². The Labute approximate surface area is 196 Å². The third-order valence-corrected chi connectivity index (χ3v) is 6.08. The predicted octanol–water partition coefficient (Wildman–Crippen LogP) is 5.60. The Balaban J connectivity index is 1.52. The molecule has 5 nitrogen and oxygen atoms in total. The maximum atomic E-state index is 12.9. The van der Waals surface area contributed by atoms with Gasteiger partial charge in [-0.3, -0.25) is 9.59 Å². The van der Waals surface area contributed by atoms with Crippen LogP contribution in [0, 0.1) is 0 Å². The van der Waals surface area contributed by atoms with Gasteiger partial charge in [-0.1, -0.05) is 53.5 Å². The molecule has 3 aromatic carbocycles. The van der Waals surface area contributed by atoms with Crippen molar-refractivity contribution >= 4 is 40.7 Å². The maximum Gasteiger partial charge on any atom is 0.263 e. The van der Waals surface area contributed by atoms with Crippen LogP contribution in [0.4, 0.5) is 5.69 Å². The van der Waals surface area contributed by atoms with Crippen molar-refractivity contribution in [2.24, 2.45) is 0 Å². The summed E-state index contributed by atoms with van der Waals surface area (Å²) in [5, 5.41) is 3.58. The van der Waals surface area contributed by atoms with E-state index < -0.39 is 6.10 Å². The highest BCUT2D eigenvalue weighted by atomic mass is 35.5. The van der Waals surface area contributed by atoms with Crippen LogP contribution in [0.5, 0.6) is 5.75 Å². The van der Waals surface area contributed by atoms with E-state index in [4.69, 9.17) is 27.9 Å². The minimum Gasteiger partial charge on any atom is -0.481 e. The third-order valence-electron chi connectivity index (χ3n) is 5.34. The molecule has 32 heavy (non-hydrogen) atoms. The zero-order valence-electron chi connectivity index (χ0n) is 17.5. The largest absolute Gasteiger partial charge is 0.481 e. The molecule has 0 unspecified atom stereocenters. The van der Waals surface area contributed by atoms with Gasteiger partial charge in [0.05, 0.1) is 10.0 Å². The van der Waals surface area contributed by atoms with Crippen LogP contribution in [0.1, 0.15) is 28.4 Å². The molecule has 1 N–H and O–H groups in total. The van der Waals surface area contributed by atoms with E-state index in [-0.39, 0.29) is 11.8 Å². The molecule has 0 saturated carbocycles. The summed E-state index contributed by atoms with van der Waals surface area (Å²) in [5.74, 6) is 0.280. The molecule has 0 spiro atoms. The van der Waals surface area contributed by atoms with Crippen LogP contribution in [-0.2, 0) is 17.8 Å². The number of fused-ring (bicyclic) bond motifs is 1. The first-order valence-electron chi connectivity index (χ1n) is 10.3. The number of nitrogens with one attached hydrogen (secondary N) is 1. The zero-order valence-corrected chi connectivity index (χ0v) is 19.0. The normalized spacial score (nSPS) is 15.5. The number of halogens is 2. The third kappa shape index (κ3) is 5.06. The second-order valence-electron chi connectivity index (χ2n) is 7.66. The lowest BCUT2D eigenvalue weighted by Gasteiger charge is -2.22. The van der Waals surface area contributed by atoms with Gasteiger partial charge in [-0.25, -0.2) is 0 Å². The molecule has 3 aromatic rings. The Morgan fingerprint density at radius 3 is 2.59 bits per heavy atom. The van der Waals surface area contributed by atoms with Crippen LogP contribution < -0.4 is 10.1 Å².